The molecule has 0 spiro atoms. The Morgan fingerprint density at radius 2 is 1.81 bits per heavy atom. The van der Waals surface area contributed by atoms with Gasteiger partial charge in [0.05, 0.1) is 32.0 Å². The van der Waals surface area contributed by atoms with Gasteiger partial charge < -0.3 is 14.2 Å². The molecule has 0 aromatic heterocycles. The van der Waals surface area contributed by atoms with Crippen molar-refractivity contribution < 1.29 is 28.6 Å². The van der Waals surface area contributed by atoms with Crippen LogP contribution in [0.3, 0.4) is 0 Å². The fraction of sp³-hybridized carbons (Fsp3) is 0.240. The second-order valence-corrected chi connectivity index (χ2v) is 7.10. The molecule has 7 nitrogen and oxygen atoms in total. The van der Waals surface area contributed by atoms with Crippen molar-refractivity contribution in [1.29, 1.82) is 0 Å². The zero-order chi connectivity index (χ0) is 23.4. The normalized spacial score (nSPS) is 14.7. The number of rotatable bonds is 7. The first-order valence-electron chi connectivity index (χ1n) is 10.1. The number of nitrogens with zero attached hydrogens (tertiary/aromatic N) is 1. The SMILES string of the molecule is CCOc1ccc(/C=C2\C(=O)N(c3cccc(C(C)=O)c3)C(C)=C2C(=O)OC)cc1OC. The molecule has 0 aliphatic carbocycles. The highest BCUT2D eigenvalue weighted by Crippen LogP contribution is 2.37. The van der Waals surface area contributed by atoms with E-state index < -0.39 is 11.9 Å². The second-order valence-electron chi connectivity index (χ2n) is 7.10. The lowest BCUT2D eigenvalue weighted by Crippen LogP contribution is -2.24. The van der Waals surface area contributed by atoms with Gasteiger partial charge in [0.15, 0.2) is 17.3 Å². The number of allylic oxidation sites excluding steroid dienone is 1. The summed E-state index contributed by atoms with van der Waals surface area (Å²) in [5.74, 6) is -0.0392. The van der Waals surface area contributed by atoms with Crippen LogP contribution in [0.2, 0.25) is 0 Å². The van der Waals surface area contributed by atoms with E-state index in [4.69, 9.17) is 14.2 Å². The predicted molar refractivity (Wildman–Crippen MR) is 121 cm³/mol. The monoisotopic (exact) mass is 435 g/mol. The number of methoxy groups -OCH3 is 2. The molecule has 0 saturated heterocycles. The zero-order valence-electron chi connectivity index (χ0n) is 18.7. The third-order valence-electron chi connectivity index (χ3n) is 5.10. The van der Waals surface area contributed by atoms with Gasteiger partial charge in [0.2, 0.25) is 0 Å². The lowest BCUT2D eigenvalue weighted by molar-refractivity contribution is -0.136. The molecule has 0 bridgehead atoms. The Kier molecular flexibility index (Phi) is 6.78. The molecule has 1 heterocycles. The number of ether oxygens (including phenoxy) is 3. The molecule has 7 heteroatoms. The van der Waals surface area contributed by atoms with Gasteiger partial charge in [-0.3, -0.25) is 14.5 Å². The maximum atomic E-state index is 13.4. The third-order valence-corrected chi connectivity index (χ3v) is 5.10. The minimum absolute atomic E-state index is 0.120. The molecular weight excluding hydrogens is 410 g/mol. The van der Waals surface area contributed by atoms with Crippen molar-refractivity contribution in [3.8, 4) is 11.5 Å². The number of hydrogen-bond acceptors (Lipinski definition) is 6. The van der Waals surface area contributed by atoms with Crippen molar-refractivity contribution in [2.45, 2.75) is 20.8 Å². The maximum Gasteiger partial charge on any atom is 0.340 e. The van der Waals surface area contributed by atoms with Gasteiger partial charge in [-0.2, -0.15) is 0 Å². The van der Waals surface area contributed by atoms with Crippen LogP contribution in [-0.4, -0.2) is 38.5 Å². The third kappa shape index (κ3) is 4.27. The van der Waals surface area contributed by atoms with Gasteiger partial charge in [-0.05, 0) is 56.7 Å². The summed E-state index contributed by atoms with van der Waals surface area (Å²) in [6.07, 6.45) is 1.62. The molecule has 166 valence electrons. The summed E-state index contributed by atoms with van der Waals surface area (Å²) in [6.45, 7) is 5.48. The zero-order valence-corrected chi connectivity index (χ0v) is 18.7. The average molecular weight is 435 g/mol. The van der Waals surface area contributed by atoms with Crippen molar-refractivity contribution in [2.24, 2.45) is 0 Å². The number of Topliss-reactive ketones (excluding diaryl/α,β-unsaturated/α-hetero) is 1. The van der Waals surface area contributed by atoms with Gasteiger partial charge in [-0.15, -0.1) is 0 Å². The fourth-order valence-electron chi connectivity index (χ4n) is 3.57. The first-order chi connectivity index (χ1) is 15.3. The number of esters is 1. The Morgan fingerprint density at radius 3 is 2.44 bits per heavy atom. The molecule has 0 saturated carbocycles. The van der Waals surface area contributed by atoms with E-state index in [-0.39, 0.29) is 16.9 Å². The predicted octanol–water partition coefficient (Wildman–Crippen LogP) is 4.17. The van der Waals surface area contributed by atoms with E-state index in [9.17, 15) is 14.4 Å². The number of benzene rings is 2. The van der Waals surface area contributed by atoms with E-state index in [2.05, 4.69) is 0 Å². The van der Waals surface area contributed by atoms with Crippen LogP contribution in [0.1, 0.15) is 36.7 Å². The highest BCUT2D eigenvalue weighted by atomic mass is 16.5. The quantitative estimate of drug-likeness (QED) is 0.369. The van der Waals surface area contributed by atoms with E-state index in [0.717, 1.165) is 0 Å². The summed E-state index contributed by atoms with van der Waals surface area (Å²) in [5, 5.41) is 0. The summed E-state index contributed by atoms with van der Waals surface area (Å²) in [7, 11) is 2.80. The van der Waals surface area contributed by atoms with Crippen molar-refractivity contribution in [1.82, 2.24) is 0 Å². The molecule has 1 amide bonds. The van der Waals surface area contributed by atoms with Crippen LogP contribution in [0.5, 0.6) is 11.5 Å². The summed E-state index contributed by atoms with van der Waals surface area (Å²) >= 11 is 0. The van der Waals surface area contributed by atoms with Crippen LogP contribution in [0.4, 0.5) is 5.69 Å². The number of ketones is 1. The van der Waals surface area contributed by atoms with Crippen LogP contribution in [0.25, 0.3) is 6.08 Å². The molecular formula is C25H25NO6. The van der Waals surface area contributed by atoms with E-state index >= 15 is 0 Å². The summed E-state index contributed by atoms with van der Waals surface area (Å²) in [6, 6.07) is 12.0. The van der Waals surface area contributed by atoms with Crippen LogP contribution in [0, 0.1) is 0 Å². The molecule has 0 fully saturated rings. The Hall–Kier alpha value is -3.87. The molecule has 2 aromatic carbocycles. The smallest absolute Gasteiger partial charge is 0.340 e. The topological polar surface area (TPSA) is 82.1 Å². The number of hydrogen-bond donors (Lipinski definition) is 0. The van der Waals surface area contributed by atoms with Crippen molar-refractivity contribution in [3.05, 3.63) is 70.4 Å². The summed E-state index contributed by atoms with van der Waals surface area (Å²) in [5.41, 5.74) is 2.40. The van der Waals surface area contributed by atoms with Crippen LogP contribution in [-0.2, 0) is 14.3 Å². The van der Waals surface area contributed by atoms with Crippen LogP contribution in [0.15, 0.2) is 59.3 Å². The summed E-state index contributed by atoms with van der Waals surface area (Å²) in [4.78, 5) is 39.2. The van der Waals surface area contributed by atoms with Crippen molar-refractivity contribution in [2.75, 3.05) is 25.7 Å². The molecule has 0 atom stereocenters. The van der Waals surface area contributed by atoms with Gasteiger partial charge in [0.25, 0.3) is 5.91 Å². The van der Waals surface area contributed by atoms with Crippen LogP contribution >= 0.6 is 0 Å². The average Bonchev–Trinajstić information content (AvgIpc) is 3.03. The molecule has 2 aromatic rings. The highest BCUT2D eigenvalue weighted by Gasteiger charge is 2.38. The molecule has 1 aliphatic rings. The minimum Gasteiger partial charge on any atom is -0.493 e. The van der Waals surface area contributed by atoms with Crippen LogP contribution < -0.4 is 14.4 Å². The molecule has 0 N–H and O–H groups in total. The molecule has 32 heavy (non-hydrogen) atoms. The number of amides is 1. The molecule has 0 radical (unpaired) electrons. The maximum absolute atomic E-state index is 13.4. The van der Waals surface area contributed by atoms with Crippen molar-refractivity contribution >= 4 is 29.4 Å². The van der Waals surface area contributed by atoms with Gasteiger partial charge in [0.1, 0.15) is 0 Å². The van der Waals surface area contributed by atoms with Crippen molar-refractivity contribution in [3.63, 3.8) is 0 Å². The molecule has 3 rings (SSSR count). The Bertz CT molecular complexity index is 1140. The largest absolute Gasteiger partial charge is 0.493 e. The standard InChI is InChI=1S/C25H25NO6/c1-6-32-21-11-10-17(13-22(21)30-4)12-20-23(25(29)31-5)15(2)26(24(20)28)19-9-7-8-18(14-19)16(3)27/h7-14H,6H2,1-5H3/b20-12-. The fourth-order valence-corrected chi connectivity index (χ4v) is 3.57. The lowest BCUT2D eigenvalue weighted by atomic mass is 10.0. The second kappa shape index (κ2) is 9.51. The Labute approximate surface area is 186 Å². The van der Waals surface area contributed by atoms with E-state index in [1.54, 1.807) is 55.5 Å². The van der Waals surface area contributed by atoms with E-state index in [1.807, 2.05) is 6.92 Å². The Balaban J connectivity index is 2.12. The molecule has 0 unspecified atom stereocenters. The van der Waals surface area contributed by atoms with E-state index in [1.165, 1.54) is 26.0 Å². The van der Waals surface area contributed by atoms with Gasteiger partial charge in [-0.1, -0.05) is 18.2 Å². The minimum atomic E-state index is -0.620. The Morgan fingerprint density at radius 1 is 1.06 bits per heavy atom. The van der Waals surface area contributed by atoms with Gasteiger partial charge >= 0.3 is 5.97 Å². The van der Waals surface area contributed by atoms with E-state index in [0.29, 0.717) is 40.6 Å². The lowest BCUT2D eigenvalue weighted by Gasteiger charge is -2.18. The number of carbonyl (C=O) groups is 3. The number of carbonyl (C=O) groups excluding carboxylic acids is 3. The number of anilines is 1. The first kappa shape index (κ1) is 22.8. The highest BCUT2D eigenvalue weighted by molar-refractivity contribution is 6.24. The van der Waals surface area contributed by atoms with Gasteiger partial charge in [-0.25, -0.2) is 4.79 Å². The molecule has 1 aliphatic heterocycles. The van der Waals surface area contributed by atoms with Gasteiger partial charge in [0, 0.05) is 16.9 Å². The summed E-state index contributed by atoms with van der Waals surface area (Å²) < 4.78 is 15.9. The first-order valence-corrected chi connectivity index (χ1v) is 10.1.